The molecule has 3 aromatic rings. The Hall–Kier alpha value is -3.09. The molecule has 0 bridgehead atoms. The zero-order valence-electron chi connectivity index (χ0n) is 11.8. The van der Waals surface area contributed by atoms with Crippen molar-refractivity contribution in [2.45, 2.75) is 6.54 Å². The normalized spacial score (nSPS) is 10.6. The molecule has 0 spiro atoms. The topological polar surface area (TPSA) is 100 Å². The molecule has 0 saturated heterocycles. The molecule has 0 aliphatic rings. The van der Waals surface area contributed by atoms with Gasteiger partial charge in [0.25, 0.3) is 5.91 Å². The predicted octanol–water partition coefficient (Wildman–Crippen LogP) is 1.60. The fraction of sp³-hybridized carbons (Fsp3) is 0.133. The Balaban J connectivity index is 1.81. The van der Waals surface area contributed by atoms with Crippen LogP contribution in [-0.4, -0.2) is 33.3 Å². The van der Waals surface area contributed by atoms with E-state index in [0.717, 1.165) is 11.1 Å². The standard InChI is InChI=1S/C15H14N4O3/c1-22-12-6-2-5-11(20)13(12)15(21)17-8-10-9-4-3-7-16-14(9)19-18-10/h2-7,20H,8H2,1H3,(H,17,21)(H,16,18,19). The predicted molar refractivity (Wildman–Crippen MR) is 79.7 cm³/mol. The molecule has 1 amide bonds. The summed E-state index contributed by atoms with van der Waals surface area (Å²) < 4.78 is 5.10. The number of carbonyl (C=O) groups is 1. The molecule has 22 heavy (non-hydrogen) atoms. The van der Waals surface area contributed by atoms with Gasteiger partial charge in [-0.15, -0.1) is 0 Å². The third kappa shape index (κ3) is 2.44. The van der Waals surface area contributed by atoms with Crippen LogP contribution in [-0.2, 0) is 6.54 Å². The maximum absolute atomic E-state index is 12.3. The van der Waals surface area contributed by atoms with Gasteiger partial charge in [-0.3, -0.25) is 9.89 Å². The molecular formula is C15H14N4O3. The molecule has 0 saturated carbocycles. The van der Waals surface area contributed by atoms with Gasteiger partial charge in [-0.1, -0.05) is 6.07 Å². The van der Waals surface area contributed by atoms with Crippen LogP contribution in [0.1, 0.15) is 16.1 Å². The maximum Gasteiger partial charge on any atom is 0.259 e. The van der Waals surface area contributed by atoms with Gasteiger partial charge >= 0.3 is 0 Å². The van der Waals surface area contributed by atoms with Crippen LogP contribution in [0.2, 0.25) is 0 Å². The molecule has 0 atom stereocenters. The van der Waals surface area contributed by atoms with Crippen molar-refractivity contribution < 1.29 is 14.6 Å². The number of methoxy groups -OCH3 is 1. The van der Waals surface area contributed by atoms with Crippen LogP contribution in [0, 0.1) is 0 Å². The van der Waals surface area contributed by atoms with E-state index in [1.165, 1.54) is 13.2 Å². The number of aromatic amines is 1. The molecule has 0 aliphatic carbocycles. The lowest BCUT2D eigenvalue weighted by atomic mass is 10.1. The summed E-state index contributed by atoms with van der Waals surface area (Å²) in [5, 5.41) is 20.3. The highest BCUT2D eigenvalue weighted by Crippen LogP contribution is 2.27. The number of aromatic nitrogens is 3. The summed E-state index contributed by atoms with van der Waals surface area (Å²) in [4.78, 5) is 16.4. The first-order valence-electron chi connectivity index (χ1n) is 6.63. The van der Waals surface area contributed by atoms with E-state index in [1.807, 2.05) is 6.07 Å². The summed E-state index contributed by atoms with van der Waals surface area (Å²) in [6.07, 6.45) is 1.65. The molecule has 2 heterocycles. The average molecular weight is 298 g/mol. The van der Waals surface area contributed by atoms with Crippen molar-refractivity contribution in [2.75, 3.05) is 7.11 Å². The van der Waals surface area contributed by atoms with E-state index in [1.54, 1.807) is 24.4 Å². The zero-order valence-corrected chi connectivity index (χ0v) is 11.8. The number of amides is 1. The summed E-state index contributed by atoms with van der Waals surface area (Å²) in [5.74, 6) is -0.247. The van der Waals surface area contributed by atoms with Crippen molar-refractivity contribution in [3.8, 4) is 11.5 Å². The smallest absolute Gasteiger partial charge is 0.259 e. The second-order valence-corrected chi connectivity index (χ2v) is 4.61. The first kappa shape index (κ1) is 13.9. The first-order valence-corrected chi connectivity index (χ1v) is 6.63. The number of H-pyrrole nitrogens is 1. The third-order valence-electron chi connectivity index (χ3n) is 3.29. The lowest BCUT2D eigenvalue weighted by molar-refractivity contribution is 0.0944. The second-order valence-electron chi connectivity index (χ2n) is 4.61. The molecule has 0 radical (unpaired) electrons. The Morgan fingerprint density at radius 3 is 3.05 bits per heavy atom. The molecule has 3 rings (SSSR count). The number of aromatic hydroxyl groups is 1. The molecule has 7 heteroatoms. The van der Waals surface area contributed by atoms with Gasteiger partial charge in [-0.2, -0.15) is 5.10 Å². The highest BCUT2D eigenvalue weighted by atomic mass is 16.5. The molecule has 2 aromatic heterocycles. The summed E-state index contributed by atoms with van der Waals surface area (Å²) in [6, 6.07) is 8.33. The summed E-state index contributed by atoms with van der Waals surface area (Å²) >= 11 is 0. The summed E-state index contributed by atoms with van der Waals surface area (Å²) in [6.45, 7) is 0.235. The van der Waals surface area contributed by atoms with Crippen LogP contribution in [0.4, 0.5) is 0 Å². The Bertz CT molecular complexity index is 829. The highest BCUT2D eigenvalue weighted by molar-refractivity contribution is 5.99. The molecule has 0 unspecified atom stereocenters. The van der Waals surface area contributed by atoms with E-state index in [4.69, 9.17) is 4.74 Å². The third-order valence-corrected chi connectivity index (χ3v) is 3.29. The number of hydrogen-bond donors (Lipinski definition) is 3. The number of carbonyl (C=O) groups excluding carboxylic acids is 1. The van der Waals surface area contributed by atoms with Crippen LogP contribution < -0.4 is 10.1 Å². The van der Waals surface area contributed by atoms with Crippen molar-refractivity contribution in [2.24, 2.45) is 0 Å². The van der Waals surface area contributed by atoms with Crippen molar-refractivity contribution in [1.29, 1.82) is 0 Å². The first-order chi connectivity index (χ1) is 10.7. The van der Waals surface area contributed by atoms with Gasteiger partial charge in [-0.25, -0.2) is 4.98 Å². The Labute approximate surface area is 126 Å². The van der Waals surface area contributed by atoms with Gasteiger partial charge in [0.1, 0.15) is 17.1 Å². The van der Waals surface area contributed by atoms with Gasteiger partial charge in [0.05, 0.1) is 19.3 Å². The van der Waals surface area contributed by atoms with Crippen molar-refractivity contribution in [3.05, 3.63) is 47.8 Å². The minimum absolute atomic E-state index is 0.104. The van der Waals surface area contributed by atoms with Crippen LogP contribution in [0.5, 0.6) is 11.5 Å². The fourth-order valence-electron chi connectivity index (χ4n) is 2.21. The molecule has 112 valence electrons. The van der Waals surface area contributed by atoms with E-state index in [-0.39, 0.29) is 17.9 Å². The quantitative estimate of drug-likeness (QED) is 0.679. The lowest BCUT2D eigenvalue weighted by Crippen LogP contribution is -2.23. The van der Waals surface area contributed by atoms with Crippen molar-refractivity contribution >= 4 is 16.9 Å². The number of phenols is 1. The highest BCUT2D eigenvalue weighted by Gasteiger charge is 2.17. The van der Waals surface area contributed by atoms with E-state index >= 15 is 0 Å². The SMILES string of the molecule is COc1cccc(O)c1C(=O)NCc1[nH]nc2ncccc12. The van der Waals surface area contributed by atoms with E-state index in [9.17, 15) is 9.90 Å². The number of nitrogens with one attached hydrogen (secondary N) is 2. The number of hydrogen-bond acceptors (Lipinski definition) is 5. The molecule has 0 fully saturated rings. The average Bonchev–Trinajstić information content (AvgIpc) is 2.95. The van der Waals surface area contributed by atoms with Crippen LogP contribution in [0.25, 0.3) is 11.0 Å². The van der Waals surface area contributed by atoms with Crippen LogP contribution in [0.15, 0.2) is 36.5 Å². The molecule has 3 N–H and O–H groups in total. The summed E-state index contributed by atoms with van der Waals surface area (Å²) in [5.41, 5.74) is 1.43. The lowest BCUT2D eigenvalue weighted by Gasteiger charge is -2.10. The number of rotatable bonds is 4. The van der Waals surface area contributed by atoms with E-state index < -0.39 is 5.91 Å². The van der Waals surface area contributed by atoms with Gasteiger partial charge < -0.3 is 15.2 Å². The number of ether oxygens (including phenoxy) is 1. The van der Waals surface area contributed by atoms with Crippen LogP contribution >= 0.6 is 0 Å². The minimum atomic E-state index is -0.429. The number of fused-ring (bicyclic) bond motifs is 1. The van der Waals surface area contributed by atoms with Gasteiger partial charge in [0.2, 0.25) is 0 Å². The minimum Gasteiger partial charge on any atom is -0.507 e. The summed E-state index contributed by atoms with van der Waals surface area (Å²) in [7, 11) is 1.44. The van der Waals surface area contributed by atoms with Crippen LogP contribution in [0.3, 0.4) is 0 Å². The Morgan fingerprint density at radius 2 is 2.23 bits per heavy atom. The van der Waals surface area contributed by atoms with Crippen molar-refractivity contribution in [3.63, 3.8) is 0 Å². The maximum atomic E-state index is 12.3. The molecule has 7 nitrogen and oxygen atoms in total. The number of pyridine rings is 1. The fourth-order valence-corrected chi connectivity index (χ4v) is 2.21. The Kier molecular flexibility index (Phi) is 3.61. The molecule has 1 aromatic carbocycles. The van der Waals surface area contributed by atoms with E-state index in [2.05, 4.69) is 20.5 Å². The molecular weight excluding hydrogens is 284 g/mol. The zero-order chi connectivity index (χ0) is 15.5. The second kappa shape index (κ2) is 5.72. The van der Waals surface area contributed by atoms with Gasteiger partial charge in [0.15, 0.2) is 5.65 Å². The monoisotopic (exact) mass is 298 g/mol. The van der Waals surface area contributed by atoms with Gasteiger partial charge in [-0.05, 0) is 24.3 Å². The number of benzene rings is 1. The largest absolute Gasteiger partial charge is 0.507 e. The van der Waals surface area contributed by atoms with Gasteiger partial charge in [0, 0.05) is 11.6 Å². The van der Waals surface area contributed by atoms with E-state index in [0.29, 0.717) is 11.4 Å². The Morgan fingerprint density at radius 1 is 1.36 bits per heavy atom. The number of phenolic OH excluding ortho intramolecular Hbond substituents is 1. The molecule has 0 aliphatic heterocycles. The number of nitrogens with zero attached hydrogens (tertiary/aromatic N) is 2. The van der Waals surface area contributed by atoms with Crippen molar-refractivity contribution in [1.82, 2.24) is 20.5 Å².